The lowest BCUT2D eigenvalue weighted by Gasteiger charge is -2.28. The van der Waals surface area contributed by atoms with Crippen LogP contribution < -0.4 is 5.32 Å². The van der Waals surface area contributed by atoms with E-state index in [2.05, 4.69) is 21.8 Å². The van der Waals surface area contributed by atoms with Gasteiger partial charge >= 0.3 is 0 Å². The van der Waals surface area contributed by atoms with Crippen molar-refractivity contribution in [2.75, 3.05) is 32.9 Å². The fourth-order valence-corrected chi connectivity index (χ4v) is 2.82. The van der Waals surface area contributed by atoms with Crippen molar-refractivity contribution in [3.63, 3.8) is 0 Å². The van der Waals surface area contributed by atoms with E-state index in [-0.39, 0.29) is 6.10 Å². The van der Waals surface area contributed by atoms with E-state index in [0.29, 0.717) is 12.0 Å². The first-order valence-corrected chi connectivity index (χ1v) is 6.78. The van der Waals surface area contributed by atoms with Crippen LogP contribution in [-0.2, 0) is 9.47 Å². The van der Waals surface area contributed by atoms with Crippen LogP contribution in [0.25, 0.3) is 0 Å². The van der Waals surface area contributed by atoms with Crippen molar-refractivity contribution < 1.29 is 9.47 Å². The Hall–Kier alpha value is -0.910. The quantitative estimate of drug-likeness (QED) is 0.875. The molecule has 0 aliphatic carbocycles. The zero-order valence-electron chi connectivity index (χ0n) is 10.8. The lowest BCUT2D eigenvalue weighted by Crippen LogP contribution is -2.35. The van der Waals surface area contributed by atoms with Crippen LogP contribution in [-0.4, -0.2) is 42.5 Å². The number of hydrogen-bond donors (Lipinski definition) is 1. The zero-order chi connectivity index (χ0) is 12.4. The highest BCUT2D eigenvalue weighted by Crippen LogP contribution is 2.29. The number of aromatic nitrogens is 2. The number of imidazole rings is 1. The van der Waals surface area contributed by atoms with Gasteiger partial charge in [0.2, 0.25) is 0 Å². The van der Waals surface area contributed by atoms with E-state index in [0.717, 1.165) is 39.3 Å². The Balaban J connectivity index is 1.77. The van der Waals surface area contributed by atoms with Gasteiger partial charge in [-0.3, -0.25) is 0 Å². The van der Waals surface area contributed by atoms with E-state index < -0.39 is 0 Å². The summed E-state index contributed by atoms with van der Waals surface area (Å²) in [5.74, 6) is 0.592. The summed E-state index contributed by atoms with van der Waals surface area (Å²) in [4.78, 5) is 4.30. The van der Waals surface area contributed by atoms with Crippen LogP contribution in [0.15, 0.2) is 12.5 Å². The Morgan fingerprint density at radius 3 is 3.17 bits per heavy atom. The third kappa shape index (κ3) is 2.30. The molecular formula is C13H21N3O2. The fraction of sp³-hybridized carbons (Fsp3) is 0.769. The van der Waals surface area contributed by atoms with Gasteiger partial charge in [-0.05, 0) is 13.3 Å². The molecule has 2 aliphatic rings. The van der Waals surface area contributed by atoms with Crippen molar-refractivity contribution in [2.24, 2.45) is 5.92 Å². The summed E-state index contributed by atoms with van der Waals surface area (Å²) in [5.41, 5.74) is 1.18. The average Bonchev–Trinajstić information content (AvgIpc) is 3.10. The molecule has 0 spiro atoms. The summed E-state index contributed by atoms with van der Waals surface area (Å²) in [6, 6.07) is 0.426. The maximum atomic E-state index is 5.82. The molecule has 0 saturated carbocycles. The van der Waals surface area contributed by atoms with Crippen molar-refractivity contribution in [1.82, 2.24) is 14.9 Å². The molecule has 3 heterocycles. The minimum absolute atomic E-state index is 0.131. The molecule has 3 rings (SSSR count). The van der Waals surface area contributed by atoms with Crippen LogP contribution in [0.2, 0.25) is 0 Å². The van der Waals surface area contributed by atoms with Crippen molar-refractivity contribution in [1.29, 1.82) is 0 Å². The predicted octanol–water partition coefficient (Wildman–Crippen LogP) is 1.14. The fourth-order valence-electron chi connectivity index (χ4n) is 2.82. The largest absolute Gasteiger partial charge is 0.381 e. The molecule has 2 aliphatic heterocycles. The Morgan fingerprint density at radius 2 is 2.44 bits per heavy atom. The normalized spacial score (nSPS) is 30.5. The van der Waals surface area contributed by atoms with Crippen LogP contribution in [0, 0.1) is 5.92 Å². The Morgan fingerprint density at radius 1 is 1.50 bits per heavy atom. The van der Waals surface area contributed by atoms with Crippen molar-refractivity contribution in [3.8, 4) is 0 Å². The molecule has 0 radical (unpaired) electrons. The molecule has 5 nitrogen and oxygen atoms in total. The first kappa shape index (κ1) is 12.1. The summed E-state index contributed by atoms with van der Waals surface area (Å²) >= 11 is 0. The molecule has 5 heteroatoms. The SMILES string of the molecule is CC(C1CCOC1)n1cncc1C1CNCCO1. The second kappa shape index (κ2) is 5.38. The van der Waals surface area contributed by atoms with Crippen LogP contribution in [0.5, 0.6) is 0 Å². The van der Waals surface area contributed by atoms with Gasteiger partial charge in [-0.25, -0.2) is 4.98 Å². The predicted molar refractivity (Wildman–Crippen MR) is 67.4 cm³/mol. The van der Waals surface area contributed by atoms with E-state index in [1.807, 2.05) is 12.5 Å². The van der Waals surface area contributed by atoms with Gasteiger partial charge < -0.3 is 19.4 Å². The van der Waals surface area contributed by atoms with Crippen LogP contribution in [0.1, 0.15) is 31.2 Å². The molecule has 0 bridgehead atoms. The number of ether oxygens (including phenoxy) is 2. The first-order valence-electron chi connectivity index (χ1n) is 6.78. The van der Waals surface area contributed by atoms with Gasteiger partial charge in [0.25, 0.3) is 0 Å². The molecule has 3 unspecified atom stereocenters. The molecule has 18 heavy (non-hydrogen) atoms. The van der Waals surface area contributed by atoms with E-state index >= 15 is 0 Å². The summed E-state index contributed by atoms with van der Waals surface area (Å²) in [7, 11) is 0. The van der Waals surface area contributed by atoms with Gasteiger partial charge in [0.1, 0.15) is 6.10 Å². The van der Waals surface area contributed by atoms with Crippen molar-refractivity contribution in [3.05, 3.63) is 18.2 Å². The second-order valence-corrected chi connectivity index (χ2v) is 5.15. The zero-order valence-corrected chi connectivity index (χ0v) is 10.8. The minimum atomic E-state index is 0.131. The monoisotopic (exact) mass is 251 g/mol. The number of morpholine rings is 1. The minimum Gasteiger partial charge on any atom is -0.381 e. The van der Waals surface area contributed by atoms with Gasteiger partial charge in [-0.15, -0.1) is 0 Å². The van der Waals surface area contributed by atoms with Crippen LogP contribution in [0.3, 0.4) is 0 Å². The number of nitrogens with zero attached hydrogens (tertiary/aromatic N) is 2. The topological polar surface area (TPSA) is 48.3 Å². The third-order valence-electron chi connectivity index (χ3n) is 4.04. The molecule has 100 valence electrons. The summed E-state index contributed by atoms with van der Waals surface area (Å²) in [6.07, 6.45) is 5.13. The number of nitrogens with one attached hydrogen (secondary N) is 1. The lowest BCUT2D eigenvalue weighted by atomic mass is 10.00. The first-order chi connectivity index (χ1) is 8.86. The maximum Gasteiger partial charge on any atom is 0.111 e. The number of hydrogen-bond acceptors (Lipinski definition) is 4. The molecule has 2 saturated heterocycles. The van der Waals surface area contributed by atoms with Crippen molar-refractivity contribution in [2.45, 2.75) is 25.5 Å². The Kier molecular flexibility index (Phi) is 3.63. The van der Waals surface area contributed by atoms with Gasteiger partial charge in [0.05, 0.1) is 31.4 Å². The highest BCUT2D eigenvalue weighted by Gasteiger charge is 2.27. The van der Waals surface area contributed by atoms with E-state index in [1.165, 1.54) is 5.69 Å². The van der Waals surface area contributed by atoms with Crippen LogP contribution >= 0.6 is 0 Å². The highest BCUT2D eigenvalue weighted by molar-refractivity contribution is 5.06. The molecule has 1 aromatic heterocycles. The Bertz CT molecular complexity index is 381. The molecule has 1 N–H and O–H groups in total. The summed E-state index contributed by atoms with van der Waals surface area (Å²) in [6.45, 7) is 6.59. The van der Waals surface area contributed by atoms with Gasteiger partial charge in [0, 0.05) is 31.7 Å². The maximum absolute atomic E-state index is 5.82. The van der Waals surface area contributed by atoms with Gasteiger partial charge in [-0.1, -0.05) is 0 Å². The van der Waals surface area contributed by atoms with Gasteiger partial charge in [-0.2, -0.15) is 0 Å². The smallest absolute Gasteiger partial charge is 0.111 e. The molecular weight excluding hydrogens is 230 g/mol. The van der Waals surface area contributed by atoms with Crippen LogP contribution in [0.4, 0.5) is 0 Å². The molecule has 1 aromatic rings. The van der Waals surface area contributed by atoms with E-state index in [1.54, 1.807) is 0 Å². The third-order valence-corrected chi connectivity index (χ3v) is 4.04. The molecule has 0 aromatic carbocycles. The average molecular weight is 251 g/mol. The number of rotatable bonds is 3. The standard InChI is InChI=1S/C13H21N3O2/c1-10(11-2-4-17-8-11)16-9-15-6-12(16)13-7-14-3-5-18-13/h6,9-11,13-14H,2-5,7-8H2,1H3. The second-order valence-electron chi connectivity index (χ2n) is 5.15. The van der Waals surface area contributed by atoms with Crippen molar-refractivity contribution >= 4 is 0 Å². The van der Waals surface area contributed by atoms with E-state index in [9.17, 15) is 0 Å². The Labute approximate surface area is 107 Å². The van der Waals surface area contributed by atoms with E-state index in [4.69, 9.17) is 9.47 Å². The van der Waals surface area contributed by atoms with Gasteiger partial charge in [0.15, 0.2) is 0 Å². The summed E-state index contributed by atoms with van der Waals surface area (Å²) in [5, 5.41) is 3.37. The molecule has 0 amide bonds. The lowest BCUT2D eigenvalue weighted by molar-refractivity contribution is 0.0213. The highest BCUT2D eigenvalue weighted by atomic mass is 16.5. The molecule has 2 fully saturated rings. The summed E-state index contributed by atoms with van der Waals surface area (Å²) < 4.78 is 13.6. The molecule has 3 atom stereocenters.